The number of aromatic nitrogens is 2. The number of carbonyl (C=O) groups is 1. The summed E-state index contributed by atoms with van der Waals surface area (Å²) in [5.41, 5.74) is 3.54. The van der Waals surface area contributed by atoms with Gasteiger partial charge in [-0.1, -0.05) is 48.5 Å². The van der Waals surface area contributed by atoms with E-state index in [-0.39, 0.29) is 11.3 Å². The number of aliphatic imine (C=N–C) groups is 1. The number of carbonyl (C=O) groups excluding carboxylic acids is 1. The van der Waals surface area contributed by atoms with Gasteiger partial charge in [0.25, 0.3) is 5.56 Å². The lowest BCUT2D eigenvalue weighted by molar-refractivity contribution is -0.113. The fourth-order valence-corrected chi connectivity index (χ4v) is 3.09. The molecule has 1 heterocycles. The van der Waals surface area contributed by atoms with Crippen LogP contribution in [0.1, 0.15) is 25.1 Å². The third-order valence-corrected chi connectivity index (χ3v) is 4.68. The number of benzene rings is 2. The quantitative estimate of drug-likeness (QED) is 0.496. The normalized spacial score (nSPS) is 12.3. The molecular formula is C23H23N3O2. The zero-order chi connectivity index (χ0) is 20.3. The lowest BCUT2D eigenvalue weighted by Gasteiger charge is -2.07. The first-order valence-electron chi connectivity index (χ1n) is 9.07. The zero-order valence-corrected chi connectivity index (χ0v) is 16.5. The first-order chi connectivity index (χ1) is 13.4. The van der Waals surface area contributed by atoms with Gasteiger partial charge in [-0.05, 0) is 44.5 Å². The first-order valence-corrected chi connectivity index (χ1v) is 9.07. The molecule has 142 valence electrons. The van der Waals surface area contributed by atoms with Gasteiger partial charge in [0.2, 0.25) is 0 Å². The maximum Gasteiger partial charge on any atom is 0.297 e. The third-order valence-electron chi connectivity index (χ3n) is 4.68. The minimum atomic E-state index is -0.215. The molecule has 0 N–H and O–H groups in total. The predicted molar refractivity (Wildman–Crippen MR) is 114 cm³/mol. The van der Waals surface area contributed by atoms with E-state index in [0.717, 1.165) is 16.9 Å². The highest BCUT2D eigenvalue weighted by molar-refractivity contribution is 6.24. The number of allylic oxidation sites excluding steroid dienone is 1. The molecule has 2 aromatic carbocycles. The molecule has 0 atom stereocenters. The Hall–Kier alpha value is -3.47. The topological polar surface area (TPSA) is 56.4 Å². The molecule has 28 heavy (non-hydrogen) atoms. The average molecular weight is 373 g/mol. The van der Waals surface area contributed by atoms with Gasteiger partial charge in [0, 0.05) is 18.3 Å². The van der Waals surface area contributed by atoms with Crippen LogP contribution in [0.5, 0.6) is 0 Å². The van der Waals surface area contributed by atoms with Crippen LogP contribution in [0, 0.1) is 6.92 Å². The Morgan fingerprint density at radius 2 is 1.54 bits per heavy atom. The maximum absolute atomic E-state index is 13.0. The Balaban J connectivity index is 2.11. The molecule has 5 nitrogen and oxygen atoms in total. The molecule has 5 heteroatoms. The van der Waals surface area contributed by atoms with Crippen molar-refractivity contribution in [2.45, 2.75) is 20.8 Å². The van der Waals surface area contributed by atoms with Crippen molar-refractivity contribution in [3.8, 4) is 5.69 Å². The van der Waals surface area contributed by atoms with Crippen LogP contribution in [0.25, 0.3) is 11.8 Å². The molecule has 3 aromatic rings. The molecular weight excluding hydrogens is 350 g/mol. The summed E-state index contributed by atoms with van der Waals surface area (Å²) in [6.07, 6.45) is 1.80. The molecule has 0 unspecified atom stereocenters. The number of nitrogens with zero attached hydrogens (tertiary/aromatic N) is 3. The van der Waals surface area contributed by atoms with E-state index in [4.69, 9.17) is 0 Å². The maximum atomic E-state index is 13.0. The van der Waals surface area contributed by atoms with Crippen LogP contribution >= 0.6 is 0 Å². The van der Waals surface area contributed by atoms with Crippen molar-refractivity contribution in [1.82, 2.24) is 9.36 Å². The monoisotopic (exact) mass is 373 g/mol. The van der Waals surface area contributed by atoms with Crippen molar-refractivity contribution in [2.75, 3.05) is 0 Å². The van der Waals surface area contributed by atoms with Crippen LogP contribution in [-0.4, -0.2) is 20.9 Å². The van der Waals surface area contributed by atoms with E-state index in [2.05, 4.69) is 4.99 Å². The van der Waals surface area contributed by atoms with E-state index < -0.39 is 0 Å². The lowest BCUT2D eigenvalue weighted by atomic mass is 10.0. The zero-order valence-electron chi connectivity index (χ0n) is 16.5. The lowest BCUT2D eigenvalue weighted by Crippen LogP contribution is -2.19. The molecule has 0 spiro atoms. The van der Waals surface area contributed by atoms with E-state index in [1.165, 1.54) is 6.92 Å². The predicted octanol–water partition coefficient (Wildman–Crippen LogP) is 4.25. The Bertz CT molecular complexity index is 1120. The van der Waals surface area contributed by atoms with Crippen molar-refractivity contribution in [1.29, 1.82) is 0 Å². The summed E-state index contributed by atoms with van der Waals surface area (Å²) in [6.45, 7) is 5.12. The second kappa shape index (κ2) is 8.05. The van der Waals surface area contributed by atoms with Gasteiger partial charge in [-0.3, -0.25) is 14.3 Å². The Morgan fingerprint density at radius 3 is 2.11 bits per heavy atom. The summed E-state index contributed by atoms with van der Waals surface area (Å²) in [4.78, 5) is 29.8. The smallest absolute Gasteiger partial charge is 0.294 e. The second-order valence-electron chi connectivity index (χ2n) is 6.63. The molecule has 0 aliphatic carbocycles. The van der Waals surface area contributed by atoms with E-state index in [9.17, 15) is 9.59 Å². The van der Waals surface area contributed by atoms with Crippen molar-refractivity contribution in [2.24, 2.45) is 12.0 Å². The summed E-state index contributed by atoms with van der Waals surface area (Å²) in [5, 5.41) is 0. The highest BCUT2D eigenvalue weighted by Crippen LogP contribution is 2.19. The van der Waals surface area contributed by atoms with E-state index in [1.54, 1.807) is 22.4 Å². The number of hydrogen-bond acceptors (Lipinski definition) is 3. The summed E-state index contributed by atoms with van der Waals surface area (Å²) >= 11 is 0. The summed E-state index contributed by atoms with van der Waals surface area (Å²) < 4.78 is 3.36. The van der Waals surface area contributed by atoms with Gasteiger partial charge in [0.15, 0.2) is 11.5 Å². The van der Waals surface area contributed by atoms with Crippen molar-refractivity contribution >= 4 is 23.3 Å². The Morgan fingerprint density at radius 1 is 0.964 bits per heavy atom. The average Bonchev–Trinajstić information content (AvgIpc) is 2.90. The van der Waals surface area contributed by atoms with Crippen LogP contribution in [0.15, 0.2) is 76.0 Å². The van der Waals surface area contributed by atoms with Crippen LogP contribution < -0.4 is 5.56 Å². The highest BCUT2D eigenvalue weighted by Gasteiger charge is 2.17. The van der Waals surface area contributed by atoms with E-state index in [0.29, 0.717) is 17.0 Å². The Kier molecular flexibility index (Phi) is 5.54. The van der Waals surface area contributed by atoms with E-state index in [1.807, 2.05) is 74.6 Å². The largest absolute Gasteiger partial charge is 0.297 e. The van der Waals surface area contributed by atoms with Crippen LogP contribution in [0.2, 0.25) is 0 Å². The summed E-state index contributed by atoms with van der Waals surface area (Å²) in [7, 11) is 1.82. The first kappa shape index (κ1) is 19.3. The molecule has 0 aliphatic heterocycles. The molecule has 0 saturated carbocycles. The second-order valence-corrected chi connectivity index (χ2v) is 6.63. The molecule has 0 amide bonds. The number of hydrogen-bond donors (Lipinski definition) is 0. The van der Waals surface area contributed by atoms with Gasteiger partial charge in [-0.15, -0.1) is 0 Å². The number of para-hydroxylation sites is 1. The molecule has 0 radical (unpaired) electrons. The van der Waals surface area contributed by atoms with Crippen LogP contribution in [-0.2, 0) is 11.8 Å². The number of Topliss-reactive ketones (excluding diaryl/α,β-unsaturated/α-hetero) is 1. The fraction of sp³-hybridized carbons (Fsp3) is 0.174. The van der Waals surface area contributed by atoms with Crippen LogP contribution in [0.4, 0.5) is 5.69 Å². The van der Waals surface area contributed by atoms with Gasteiger partial charge in [-0.2, -0.15) is 0 Å². The van der Waals surface area contributed by atoms with Crippen LogP contribution in [0.3, 0.4) is 0 Å². The van der Waals surface area contributed by atoms with Crippen molar-refractivity contribution in [3.05, 3.63) is 87.8 Å². The third kappa shape index (κ3) is 3.78. The number of ketones is 1. The summed E-state index contributed by atoms with van der Waals surface area (Å²) in [5.74, 6) is -0.0953. The molecule has 0 bridgehead atoms. The molecule has 3 rings (SSSR count). The van der Waals surface area contributed by atoms with Crippen molar-refractivity contribution < 1.29 is 4.79 Å². The minimum Gasteiger partial charge on any atom is -0.294 e. The number of rotatable bonds is 5. The SMILES string of the molecule is CC(=O)/C(=C/c1ccccc1)C(C)=Nc1c(C)n(C)n(-c2ccccc2)c1=O. The highest BCUT2D eigenvalue weighted by atomic mass is 16.1. The molecule has 0 saturated heterocycles. The van der Waals surface area contributed by atoms with Crippen molar-refractivity contribution in [3.63, 3.8) is 0 Å². The van der Waals surface area contributed by atoms with E-state index >= 15 is 0 Å². The summed E-state index contributed by atoms with van der Waals surface area (Å²) in [6, 6.07) is 19.0. The van der Waals surface area contributed by atoms with Gasteiger partial charge in [-0.25, -0.2) is 9.67 Å². The van der Waals surface area contributed by atoms with Gasteiger partial charge < -0.3 is 0 Å². The standard InChI is InChI=1S/C23H23N3O2/c1-16(21(18(3)27)15-19-11-7-5-8-12-19)24-22-17(2)25(4)26(23(22)28)20-13-9-6-10-14-20/h5-15H,1-4H3/b21-15+,24-16?. The fourth-order valence-electron chi connectivity index (χ4n) is 3.09. The van der Waals surface area contributed by atoms with Gasteiger partial charge in [0.05, 0.1) is 11.4 Å². The van der Waals surface area contributed by atoms with Gasteiger partial charge >= 0.3 is 0 Å². The van der Waals surface area contributed by atoms with Gasteiger partial charge in [0.1, 0.15) is 0 Å². The Labute approximate surface area is 164 Å². The molecule has 0 aliphatic rings. The molecule has 0 fully saturated rings. The minimum absolute atomic E-state index is 0.0953. The molecule has 1 aromatic heterocycles.